The summed E-state index contributed by atoms with van der Waals surface area (Å²) in [5.41, 5.74) is 0.240. The fourth-order valence-electron chi connectivity index (χ4n) is 6.81. The molecule has 0 spiro atoms. The van der Waals surface area contributed by atoms with E-state index in [0.29, 0.717) is 36.0 Å². The highest BCUT2D eigenvalue weighted by Gasteiger charge is 2.63. The van der Waals surface area contributed by atoms with Gasteiger partial charge in [-0.25, -0.2) is 0 Å². The van der Waals surface area contributed by atoms with Crippen molar-refractivity contribution in [1.29, 1.82) is 0 Å². The van der Waals surface area contributed by atoms with Gasteiger partial charge >= 0.3 is 17.9 Å². The van der Waals surface area contributed by atoms with E-state index in [1.54, 1.807) is 6.92 Å². The molecule has 2 saturated carbocycles. The van der Waals surface area contributed by atoms with Crippen molar-refractivity contribution in [3.05, 3.63) is 23.3 Å². The highest BCUT2D eigenvalue weighted by Crippen LogP contribution is 2.60. The lowest BCUT2D eigenvalue weighted by atomic mass is 9.49. The number of aliphatic hydroxyl groups is 2. The molecular formula is C26H38O8. The van der Waals surface area contributed by atoms with E-state index in [-0.39, 0.29) is 5.92 Å². The molecule has 2 bridgehead atoms. The van der Waals surface area contributed by atoms with E-state index >= 15 is 0 Å². The molecule has 2 N–H and O–H groups in total. The number of hydrogen-bond acceptors (Lipinski definition) is 8. The van der Waals surface area contributed by atoms with Gasteiger partial charge < -0.3 is 24.4 Å². The summed E-state index contributed by atoms with van der Waals surface area (Å²) < 4.78 is 17.8. The van der Waals surface area contributed by atoms with Crippen molar-refractivity contribution in [3.8, 4) is 0 Å². The second kappa shape index (κ2) is 9.11. The maximum absolute atomic E-state index is 12.4. The Morgan fingerprint density at radius 2 is 1.50 bits per heavy atom. The smallest absolute Gasteiger partial charge is 0.303 e. The van der Waals surface area contributed by atoms with Crippen molar-refractivity contribution in [2.24, 2.45) is 22.7 Å². The van der Waals surface area contributed by atoms with Gasteiger partial charge in [0.25, 0.3) is 0 Å². The van der Waals surface area contributed by atoms with Crippen LogP contribution in [0.5, 0.6) is 0 Å². The summed E-state index contributed by atoms with van der Waals surface area (Å²) >= 11 is 0. The Labute approximate surface area is 201 Å². The van der Waals surface area contributed by atoms with Crippen molar-refractivity contribution < 1.29 is 38.8 Å². The summed E-state index contributed by atoms with van der Waals surface area (Å²) in [7, 11) is 0. The molecule has 2 fully saturated rings. The zero-order chi connectivity index (χ0) is 25.7. The molecule has 0 radical (unpaired) electrons. The topological polar surface area (TPSA) is 119 Å². The number of carbonyl (C=O) groups excluding carboxylic acids is 3. The summed E-state index contributed by atoms with van der Waals surface area (Å²) in [5.74, 6) is -2.54. The number of fused-ring (bicyclic) bond motifs is 3. The van der Waals surface area contributed by atoms with Gasteiger partial charge in [0.1, 0.15) is 12.2 Å². The van der Waals surface area contributed by atoms with E-state index in [2.05, 4.69) is 6.58 Å². The number of carbonyl (C=O) groups is 3. The van der Waals surface area contributed by atoms with Crippen LogP contribution >= 0.6 is 0 Å². The molecule has 0 aromatic rings. The molecule has 0 aromatic heterocycles. The fourth-order valence-corrected chi connectivity index (χ4v) is 6.81. The van der Waals surface area contributed by atoms with Gasteiger partial charge in [0.2, 0.25) is 0 Å². The minimum Gasteiger partial charge on any atom is -0.462 e. The molecule has 3 aliphatic rings. The molecular weight excluding hydrogens is 440 g/mol. The van der Waals surface area contributed by atoms with Gasteiger partial charge in [0.15, 0.2) is 6.10 Å². The zero-order valence-corrected chi connectivity index (χ0v) is 21.2. The normalized spacial score (nSPS) is 39.3. The van der Waals surface area contributed by atoms with E-state index in [9.17, 15) is 24.6 Å². The Morgan fingerprint density at radius 1 is 0.941 bits per heavy atom. The van der Waals surface area contributed by atoms with Crippen LogP contribution in [0, 0.1) is 22.7 Å². The van der Waals surface area contributed by atoms with E-state index in [0.717, 1.165) is 0 Å². The molecule has 8 nitrogen and oxygen atoms in total. The third-order valence-electron chi connectivity index (χ3n) is 8.34. The minimum absolute atomic E-state index is 0.321. The maximum atomic E-state index is 12.4. The van der Waals surface area contributed by atoms with E-state index < -0.39 is 65.2 Å². The van der Waals surface area contributed by atoms with Crippen LogP contribution in [0.4, 0.5) is 0 Å². The van der Waals surface area contributed by atoms with Crippen molar-refractivity contribution >= 4 is 17.9 Å². The van der Waals surface area contributed by atoms with Crippen molar-refractivity contribution in [3.63, 3.8) is 0 Å². The van der Waals surface area contributed by atoms with Crippen LogP contribution in [0.25, 0.3) is 0 Å². The molecule has 0 aromatic carbocycles. The number of hydrogen-bond donors (Lipinski definition) is 2. The van der Waals surface area contributed by atoms with E-state index in [4.69, 9.17) is 14.2 Å². The van der Waals surface area contributed by atoms with E-state index in [1.165, 1.54) is 20.8 Å². The summed E-state index contributed by atoms with van der Waals surface area (Å²) in [4.78, 5) is 37.0. The summed E-state index contributed by atoms with van der Waals surface area (Å²) in [6, 6.07) is 0. The number of ether oxygens (including phenoxy) is 3. The molecule has 34 heavy (non-hydrogen) atoms. The van der Waals surface area contributed by atoms with Crippen LogP contribution in [0.1, 0.15) is 67.7 Å². The molecule has 0 amide bonds. The number of aliphatic hydroxyl groups excluding tert-OH is 2. The van der Waals surface area contributed by atoms with Gasteiger partial charge in [-0.3, -0.25) is 14.4 Å². The Kier molecular flexibility index (Phi) is 7.08. The van der Waals surface area contributed by atoms with Gasteiger partial charge in [0, 0.05) is 38.0 Å². The quantitative estimate of drug-likeness (QED) is 0.361. The van der Waals surface area contributed by atoms with Crippen LogP contribution in [-0.2, 0) is 28.6 Å². The zero-order valence-electron chi connectivity index (χ0n) is 21.2. The van der Waals surface area contributed by atoms with E-state index in [1.807, 2.05) is 20.8 Å². The van der Waals surface area contributed by atoms with Gasteiger partial charge in [0.05, 0.1) is 12.2 Å². The minimum atomic E-state index is -0.956. The first-order valence-corrected chi connectivity index (χ1v) is 11.9. The second-order valence-electron chi connectivity index (χ2n) is 10.9. The first-order chi connectivity index (χ1) is 15.6. The van der Waals surface area contributed by atoms with Crippen molar-refractivity contribution in [1.82, 2.24) is 0 Å². The molecule has 0 heterocycles. The molecule has 3 rings (SSSR count). The SMILES string of the molecule is C=C1[C@@H](O)CC[C@@]2(C)[C@@H](OC(C)=O)[C@H](OC(C)=O)C3=C(C)[C@H](O)C[C@@H]([C@@H](OC(C)=O)[C@H]12)C3(C)C. The molecule has 0 unspecified atom stereocenters. The van der Waals surface area contributed by atoms with Gasteiger partial charge in [-0.15, -0.1) is 0 Å². The first-order valence-electron chi connectivity index (χ1n) is 11.9. The highest BCUT2D eigenvalue weighted by atomic mass is 16.6. The predicted molar refractivity (Wildman–Crippen MR) is 123 cm³/mol. The van der Waals surface area contributed by atoms with Gasteiger partial charge in [-0.1, -0.05) is 27.4 Å². The third kappa shape index (κ3) is 4.31. The van der Waals surface area contributed by atoms with Gasteiger partial charge in [-0.2, -0.15) is 0 Å². The first kappa shape index (κ1) is 26.4. The standard InChI is InChI=1S/C26H38O8/c1-12-18(30)9-10-26(8)21(12)22(32-14(3)27)17-11-19(31)13(2)20(25(17,6)7)23(33-15(4)28)24(26)34-16(5)29/h17-19,21-24,30-31H,1,9-11H2,2-8H3/t17-,18-,19+,21-,22+,23+,24-,26+/m0/s1. The lowest BCUT2D eigenvalue weighted by molar-refractivity contribution is -0.203. The van der Waals surface area contributed by atoms with Gasteiger partial charge in [-0.05, 0) is 48.3 Å². The number of rotatable bonds is 3. The van der Waals surface area contributed by atoms with Crippen molar-refractivity contribution in [2.45, 2.75) is 98.2 Å². The van der Waals surface area contributed by atoms with Crippen LogP contribution in [0.2, 0.25) is 0 Å². The molecule has 8 heteroatoms. The average Bonchev–Trinajstić information content (AvgIpc) is 2.69. The largest absolute Gasteiger partial charge is 0.462 e. The molecule has 0 aliphatic heterocycles. The Bertz CT molecular complexity index is 918. The van der Waals surface area contributed by atoms with Crippen LogP contribution < -0.4 is 0 Å². The summed E-state index contributed by atoms with van der Waals surface area (Å²) in [5, 5.41) is 21.8. The lowest BCUT2D eigenvalue weighted by Crippen LogP contribution is -2.64. The van der Waals surface area contributed by atoms with Crippen molar-refractivity contribution in [2.75, 3.05) is 0 Å². The predicted octanol–water partition coefficient (Wildman–Crippen LogP) is 2.85. The summed E-state index contributed by atoms with van der Waals surface area (Å²) in [6.07, 6.45) is -3.22. The Morgan fingerprint density at radius 3 is 2.03 bits per heavy atom. The lowest BCUT2D eigenvalue weighted by Gasteiger charge is -2.59. The van der Waals surface area contributed by atoms with Crippen LogP contribution in [-0.4, -0.2) is 58.6 Å². The molecule has 0 saturated heterocycles. The average molecular weight is 479 g/mol. The second-order valence-corrected chi connectivity index (χ2v) is 10.9. The third-order valence-corrected chi connectivity index (χ3v) is 8.34. The Balaban J connectivity index is 2.40. The summed E-state index contributed by atoms with van der Waals surface area (Å²) in [6.45, 7) is 15.7. The fraction of sp³-hybridized carbons (Fsp3) is 0.731. The molecule has 8 atom stereocenters. The monoisotopic (exact) mass is 478 g/mol. The Hall–Kier alpha value is -2.19. The number of esters is 3. The molecule has 3 aliphatic carbocycles. The molecule has 190 valence electrons. The highest BCUT2D eigenvalue weighted by molar-refractivity contribution is 5.68. The maximum Gasteiger partial charge on any atom is 0.303 e. The van der Waals surface area contributed by atoms with Crippen LogP contribution in [0.15, 0.2) is 23.3 Å². The van der Waals surface area contributed by atoms with Crippen LogP contribution in [0.3, 0.4) is 0 Å².